The molecule has 0 spiro atoms. The van der Waals surface area contributed by atoms with Crippen LogP contribution in [-0.2, 0) is 4.74 Å². The number of anilines is 1. The highest BCUT2D eigenvalue weighted by molar-refractivity contribution is 6.01. The Morgan fingerprint density at radius 2 is 2.00 bits per heavy atom. The van der Waals surface area contributed by atoms with Gasteiger partial charge in [-0.2, -0.15) is 0 Å². The van der Waals surface area contributed by atoms with E-state index in [4.69, 9.17) is 4.74 Å². The molecule has 0 radical (unpaired) electrons. The van der Waals surface area contributed by atoms with Crippen LogP contribution in [0.5, 0.6) is 0 Å². The van der Waals surface area contributed by atoms with Crippen molar-refractivity contribution in [3.8, 4) is 11.1 Å². The zero-order chi connectivity index (χ0) is 19.2. The van der Waals surface area contributed by atoms with Gasteiger partial charge in [0.05, 0.1) is 12.0 Å². The third-order valence-electron chi connectivity index (χ3n) is 4.99. The molecule has 0 aliphatic carbocycles. The van der Waals surface area contributed by atoms with E-state index in [-0.39, 0.29) is 5.82 Å². The summed E-state index contributed by atoms with van der Waals surface area (Å²) in [6.07, 6.45) is -0.204. The van der Waals surface area contributed by atoms with Crippen LogP contribution < -0.4 is 5.48 Å². The van der Waals surface area contributed by atoms with Crippen molar-refractivity contribution in [2.75, 3.05) is 12.1 Å². The number of nitrogens with zero attached hydrogens (tertiary/aromatic N) is 3. The van der Waals surface area contributed by atoms with E-state index in [1.54, 1.807) is 10.8 Å². The molecule has 142 valence electrons. The minimum Gasteiger partial charge on any atom is -0.394 e. The van der Waals surface area contributed by atoms with Crippen molar-refractivity contribution in [1.82, 2.24) is 14.5 Å². The lowest BCUT2D eigenvalue weighted by Crippen LogP contribution is -2.44. The molecule has 0 saturated carbocycles. The van der Waals surface area contributed by atoms with E-state index in [0.717, 1.165) is 5.56 Å². The molecule has 1 aliphatic heterocycles. The molecule has 4 atom stereocenters. The van der Waals surface area contributed by atoms with Crippen LogP contribution in [0.15, 0.2) is 42.9 Å². The Bertz CT molecular complexity index is 959. The average molecular weight is 372 g/mol. The summed E-state index contributed by atoms with van der Waals surface area (Å²) in [6.45, 7) is 1.01. The van der Waals surface area contributed by atoms with Gasteiger partial charge in [0.2, 0.25) is 0 Å². The summed E-state index contributed by atoms with van der Waals surface area (Å²) < 4.78 is 7.31. The largest absolute Gasteiger partial charge is 0.394 e. The van der Waals surface area contributed by atoms with Gasteiger partial charge >= 0.3 is 0 Å². The number of hydrogen-bond donors (Lipinski definition) is 5. The average Bonchev–Trinajstić information content (AvgIpc) is 3.18. The fourth-order valence-electron chi connectivity index (χ4n) is 3.58. The van der Waals surface area contributed by atoms with Gasteiger partial charge in [0.15, 0.2) is 12.0 Å². The summed E-state index contributed by atoms with van der Waals surface area (Å²) in [4.78, 5) is 8.34. The van der Waals surface area contributed by atoms with Crippen molar-refractivity contribution in [2.24, 2.45) is 0 Å². The summed E-state index contributed by atoms with van der Waals surface area (Å²) in [6, 6.07) is 9.43. The molecular weight excluding hydrogens is 352 g/mol. The predicted molar refractivity (Wildman–Crippen MR) is 96.0 cm³/mol. The molecule has 1 aliphatic rings. The first-order chi connectivity index (χ1) is 13.0. The minimum absolute atomic E-state index is 0.203. The Kier molecular flexibility index (Phi) is 4.33. The molecule has 3 unspecified atom stereocenters. The molecule has 9 heteroatoms. The number of nitrogens with one attached hydrogen (secondary N) is 1. The van der Waals surface area contributed by atoms with E-state index < -0.39 is 30.6 Å². The molecule has 1 saturated heterocycles. The number of ether oxygens (including phenoxy) is 1. The van der Waals surface area contributed by atoms with Crippen molar-refractivity contribution >= 4 is 16.9 Å². The van der Waals surface area contributed by atoms with E-state index in [2.05, 4.69) is 15.4 Å². The SMILES string of the molecule is C[C@@]1(O)C(O)C(CO)OC1n1cc(-c2ccccc2)c2c(NO)ncnc21. The fourth-order valence-corrected chi connectivity index (χ4v) is 3.58. The zero-order valence-corrected chi connectivity index (χ0v) is 14.5. The number of rotatable bonds is 4. The quantitative estimate of drug-likeness (QED) is 0.427. The van der Waals surface area contributed by atoms with Crippen molar-refractivity contribution in [1.29, 1.82) is 0 Å². The summed E-state index contributed by atoms with van der Waals surface area (Å²) in [7, 11) is 0. The van der Waals surface area contributed by atoms with Crippen LogP contribution in [0.1, 0.15) is 13.2 Å². The van der Waals surface area contributed by atoms with Gasteiger partial charge in [0.1, 0.15) is 29.8 Å². The number of aliphatic hydroxyl groups excluding tert-OH is 2. The van der Waals surface area contributed by atoms with Gasteiger partial charge in [0.25, 0.3) is 0 Å². The van der Waals surface area contributed by atoms with Crippen LogP contribution in [-0.4, -0.2) is 59.5 Å². The zero-order valence-electron chi connectivity index (χ0n) is 14.5. The molecule has 4 rings (SSSR count). The lowest BCUT2D eigenvalue weighted by Gasteiger charge is -2.27. The second kappa shape index (κ2) is 6.55. The Morgan fingerprint density at radius 3 is 2.63 bits per heavy atom. The number of hydrogen-bond acceptors (Lipinski definition) is 8. The Morgan fingerprint density at radius 1 is 1.26 bits per heavy atom. The first-order valence-electron chi connectivity index (χ1n) is 8.46. The molecular formula is C18H20N4O5. The van der Waals surface area contributed by atoms with Gasteiger partial charge in [-0.25, -0.2) is 9.97 Å². The third kappa shape index (κ3) is 2.68. The maximum absolute atomic E-state index is 10.8. The number of aromatic nitrogens is 3. The summed E-state index contributed by atoms with van der Waals surface area (Å²) >= 11 is 0. The standard InChI is InChI=1S/C18H20N4O5/c1-18(25)14(24)12(8-23)27-17(18)22-7-11(10-5-3-2-4-6-10)13-15(21-26)19-9-20-16(13)22/h2-7,9,12,14,17,23-26H,8H2,1H3,(H,19,20,21)/t12?,14?,17?,18-/m1/s1. The van der Waals surface area contributed by atoms with Crippen molar-refractivity contribution in [2.45, 2.75) is 31.0 Å². The Labute approximate surface area is 154 Å². The van der Waals surface area contributed by atoms with Crippen LogP contribution in [0, 0.1) is 0 Å². The Balaban J connectivity index is 1.95. The maximum Gasteiger partial charge on any atom is 0.167 e. The minimum atomic E-state index is -1.66. The summed E-state index contributed by atoms with van der Waals surface area (Å²) in [5, 5.41) is 40.6. The van der Waals surface area contributed by atoms with Crippen LogP contribution in [0.3, 0.4) is 0 Å². The lowest BCUT2D eigenvalue weighted by molar-refractivity contribution is -0.0948. The number of fused-ring (bicyclic) bond motifs is 1. The van der Waals surface area contributed by atoms with Crippen LogP contribution >= 0.6 is 0 Å². The van der Waals surface area contributed by atoms with Gasteiger partial charge in [-0.1, -0.05) is 30.3 Å². The summed E-state index contributed by atoms with van der Waals surface area (Å²) in [5.74, 6) is 0.203. The fraction of sp³-hybridized carbons (Fsp3) is 0.333. The van der Waals surface area contributed by atoms with E-state index in [9.17, 15) is 20.5 Å². The van der Waals surface area contributed by atoms with E-state index in [1.165, 1.54) is 13.3 Å². The molecule has 0 amide bonds. The molecule has 3 heterocycles. The second-order valence-electron chi connectivity index (χ2n) is 6.73. The smallest absolute Gasteiger partial charge is 0.167 e. The van der Waals surface area contributed by atoms with E-state index >= 15 is 0 Å². The molecule has 27 heavy (non-hydrogen) atoms. The molecule has 9 nitrogen and oxygen atoms in total. The third-order valence-corrected chi connectivity index (χ3v) is 4.99. The van der Waals surface area contributed by atoms with E-state index in [0.29, 0.717) is 16.6 Å². The van der Waals surface area contributed by atoms with Gasteiger partial charge in [0, 0.05) is 11.8 Å². The lowest BCUT2D eigenvalue weighted by atomic mass is 9.96. The molecule has 3 aromatic rings. The molecule has 1 fully saturated rings. The van der Waals surface area contributed by atoms with Crippen molar-refractivity contribution in [3.63, 3.8) is 0 Å². The molecule has 5 N–H and O–H groups in total. The molecule has 2 aromatic heterocycles. The monoisotopic (exact) mass is 372 g/mol. The summed E-state index contributed by atoms with van der Waals surface area (Å²) in [5.41, 5.74) is 2.38. The van der Waals surface area contributed by atoms with Crippen molar-refractivity contribution < 1.29 is 25.3 Å². The first-order valence-corrected chi connectivity index (χ1v) is 8.46. The predicted octanol–water partition coefficient (Wildman–Crippen LogP) is 0.901. The normalized spacial score (nSPS) is 28.0. The molecule has 1 aromatic carbocycles. The van der Waals surface area contributed by atoms with Gasteiger partial charge in [-0.05, 0) is 12.5 Å². The van der Waals surface area contributed by atoms with Gasteiger partial charge in [-0.15, -0.1) is 0 Å². The molecule has 0 bridgehead atoms. The topological polar surface area (TPSA) is 133 Å². The van der Waals surface area contributed by atoms with E-state index in [1.807, 2.05) is 30.3 Å². The number of aliphatic hydroxyl groups is 3. The highest BCUT2D eigenvalue weighted by Gasteiger charge is 2.53. The van der Waals surface area contributed by atoms with Crippen LogP contribution in [0.4, 0.5) is 5.82 Å². The van der Waals surface area contributed by atoms with Crippen LogP contribution in [0.2, 0.25) is 0 Å². The highest BCUT2D eigenvalue weighted by atomic mass is 16.6. The van der Waals surface area contributed by atoms with Crippen molar-refractivity contribution in [3.05, 3.63) is 42.9 Å². The Hall–Kier alpha value is -2.56. The van der Waals surface area contributed by atoms with Gasteiger partial charge in [-0.3, -0.25) is 10.7 Å². The second-order valence-corrected chi connectivity index (χ2v) is 6.73. The van der Waals surface area contributed by atoms with Gasteiger partial charge < -0.3 is 24.6 Å². The maximum atomic E-state index is 10.8. The number of benzene rings is 1. The van der Waals surface area contributed by atoms with Crippen LogP contribution in [0.25, 0.3) is 22.2 Å². The first kappa shape index (κ1) is 17.8. The highest BCUT2D eigenvalue weighted by Crippen LogP contribution is 2.42.